The molecule has 0 amide bonds. The zero-order valence-electron chi connectivity index (χ0n) is 19.1. The van der Waals surface area contributed by atoms with Crippen molar-refractivity contribution < 1.29 is 0 Å². The van der Waals surface area contributed by atoms with E-state index in [4.69, 9.17) is 0 Å². The molecule has 4 atom stereocenters. The van der Waals surface area contributed by atoms with E-state index >= 15 is 0 Å². The minimum Gasteiger partial charge on any atom is -0.0625 e. The Balaban J connectivity index is 0.000000221. The molecular formula is C27H50. The Hall–Kier alpha value is 0. The van der Waals surface area contributed by atoms with Gasteiger partial charge >= 0.3 is 0 Å². The van der Waals surface area contributed by atoms with E-state index in [0.29, 0.717) is 0 Å². The lowest BCUT2D eigenvalue weighted by Gasteiger charge is -2.41. The molecule has 0 heterocycles. The molecule has 0 bridgehead atoms. The third kappa shape index (κ3) is 7.08. The molecule has 0 heteroatoms. The highest BCUT2D eigenvalue weighted by molar-refractivity contribution is 4.85. The van der Waals surface area contributed by atoms with Gasteiger partial charge in [0.05, 0.1) is 0 Å². The second kappa shape index (κ2) is 11.3. The van der Waals surface area contributed by atoms with Crippen LogP contribution >= 0.6 is 0 Å². The van der Waals surface area contributed by atoms with Crippen LogP contribution in [-0.4, -0.2) is 0 Å². The lowest BCUT2D eigenvalue weighted by Crippen LogP contribution is -2.30. The van der Waals surface area contributed by atoms with Crippen LogP contribution in [0.2, 0.25) is 0 Å². The fraction of sp³-hybridized carbons (Fsp3) is 1.00. The highest BCUT2D eigenvalue weighted by Gasteiger charge is 2.34. The largest absolute Gasteiger partial charge is 0.0625 e. The average Bonchev–Trinajstić information content (AvgIpc) is 2.71. The first-order chi connectivity index (χ1) is 13.1. The van der Waals surface area contributed by atoms with E-state index in [0.717, 1.165) is 41.4 Å². The van der Waals surface area contributed by atoms with Crippen LogP contribution in [0.15, 0.2) is 0 Å². The van der Waals surface area contributed by atoms with E-state index in [1.54, 1.807) is 51.4 Å². The average molecular weight is 375 g/mol. The smallest absolute Gasteiger partial charge is 0.0383 e. The van der Waals surface area contributed by atoms with Gasteiger partial charge in [0.25, 0.3) is 0 Å². The van der Waals surface area contributed by atoms with E-state index in [-0.39, 0.29) is 0 Å². The van der Waals surface area contributed by atoms with Gasteiger partial charge in [-0.05, 0) is 54.3 Å². The van der Waals surface area contributed by atoms with E-state index in [9.17, 15) is 0 Å². The number of hydrogen-bond acceptors (Lipinski definition) is 0. The van der Waals surface area contributed by atoms with Gasteiger partial charge in [-0.15, -0.1) is 0 Å². The SMILES string of the molecule is CC1CCC(C)CC1.CC1CCCC(C2CCCC(C3CCCCC3)C2)C1. The monoisotopic (exact) mass is 374 g/mol. The quantitative estimate of drug-likeness (QED) is 0.452. The van der Waals surface area contributed by atoms with Crippen molar-refractivity contribution in [2.75, 3.05) is 0 Å². The van der Waals surface area contributed by atoms with E-state index < -0.39 is 0 Å². The zero-order valence-corrected chi connectivity index (χ0v) is 19.1. The van der Waals surface area contributed by atoms with E-state index in [1.807, 2.05) is 0 Å². The molecule has 4 saturated carbocycles. The Morgan fingerprint density at radius 3 is 1.33 bits per heavy atom. The first kappa shape index (κ1) is 21.7. The van der Waals surface area contributed by atoms with Crippen LogP contribution in [0, 0.1) is 41.4 Å². The van der Waals surface area contributed by atoms with Crippen LogP contribution in [0.4, 0.5) is 0 Å². The Morgan fingerprint density at radius 2 is 0.778 bits per heavy atom. The molecule has 0 aromatic heterocycles. The van der Waals surface area contributed by atoms with Crippen molar-refractivity contribution in [3.8, 4) is 0 Å². The maximum Gasteiger partial charge on any atom is -0.0383 e. The lowest BCUT2D eigenvalue weighted by atomic mass is 9.64. The molecule has 0 nitrogen and oxygen atoms in total. The van der Waals surface area contributed by atoms with Crippen LogP contribution < -0.4 is 0 Å². The lowest BCUT2D eigenvalue weighted by molar-refractivity contribution is 0.0998. The minimum atomic E-state index is 1.02. The van der Waals surface area contributed by atoms with Gasteiger partial charge in [0, 0.05) is 0 Å². The summed E-state index contributed by atoms with van der Waals surface area (Å²) in [5, 5.41) is 0. The van der Waals surface area contributed by atoms with Crippen molar-refractivity contribution in [2.45, 2.75) is 130 Å². The summed E-state index contributed by atoms with van der Waals surface area (Å²) >= 11 is 0. The first-order valence-electron chi connectivity index (χ1n) is 13.1. The van der Waals surface area contributed by atoms with Gasteiger partial charge in [-0.25, -0.2) is 0 Å². The summed E-state index contributed by atoms with van der Waals surface area (Å²) in [6, 6.07) is 0. The van der Waals surface area contributed by atoms with Crippen molar-refractivity contribution in [2.24, 2.45) is 41.4 Å². The van der Waals surface area contributed by atoms with Crippen LogP contribution in [0.25, 0.3) is 0 Å². The molecule has 0 aromatic rings. The standard InChI is InChI=1S/C19H34.C8H16/c1-15-7-5-10-17(13-15)19-12-6-11-18(14-19)16-8-3-2-4-9-16;1-7-3-5-8(2)6-4-7/h15-19H,2-14H2,1H3;7-8H,3-6H2,1-2H3. The summed E-state index contributed by atoms with van der Waals surface area (Å²) in [5.41, 5.74) is 0. The van der Waals surface area contributed by atoms with Crippen molar-refractivity contribution >= 4 is 0 Å². The van der Waals surface area contributed by atoms with Gasteiger partial charge in [0.15, 0.2) is 0 Å². The molecule has 27 heavy (non-hydrogen) atoms. The summed E-state index contributed by atoms with van der Waals surface area (Å²) in [6.07, 6.45) is 26.1. The van der Waals surface area contributed by atoms with E-state index in [2.05, 4.69) is 20.8 Å². The molecule has 4 unspecified atom stereocenters. The van der Waals surface area contributed by atoms with Crippen molar-refractivity contribution in [1.29, 1.82) is 0 Å². The normalized spacial score (nSPS) is 41.4. The fourth-order valence-electron chi connectivity index (χ4n) is 7.06. The highest BCUT2D eigenvalue weighted by Crippen LogP contribution is 2.46. The summed E-state index contributed by atoms with van der Waals surface area (Å²) in [7, 11) is 0. The van der Waals surface area contributed by atoms with Crippen molar-refractivity contribution in [3.63, 3.8) is 0 Å². The van der Waals surface area contributed by atoms with Crippen molar-refractivity contribution in [1.82, 2.24) is 0 Å². The molecule has 0 aromatic carbocycles. The summed E-state index contributed by atoms with van der Waals surface area (Å²) < 4.78 is 0. The third-order valence-electron chi connectivity index (χ3n) is 9.02. The Labute approximate surface area is 171 Å². The van der Waals surface area contributed by atoms with Gasteiger partial charge in [-0.1, -0.05) is 117 Å². The Morgan fingerprint density at radius 1 is 0.333 bits per heavy atom. The maximum atomic E-state index is 2.49. The van der Waals surface area contributed by atoms with Crippen LogP contribution in [0.1, 0.15) is 130 Å². The predicted octanol–water partition coefficient (Wildman–Crippen LogP) is 9.03. The van der Waals surface area contributed by atoms with Crippen molar-refractivity contribution in [3.05, 3.63) is 0 Å². The van der Waals surface area contributed by atoms with E-state index in [1.165, 1.54) is 57.8 Å². The maximum absolute atomic E-state index is 2.49. The molecule has 4 rings (SSSR count). The molecule has 0 aliphatic heterocycles. The first-order valence-corrected chi connectivity index (χ1v) is 13.1. The highest BCUT2D eigenvalue weighted by atomic mass is 14.4. The molecule has 4 fully saturated rings. The van der Waals surface area contributed by atoms with Crippen LogP contribution in [0.3, 0.4) is 0 Å². The number of hydrogen-bond donors (Lipinski definition) is 0. The molecule has 0 radical (unpaired) electrons. The summed E-state index contributed by atoms with van der Waals surface area (Å²) in [6.45, 7) is 7.23. The number of rotatable bonds is 2. The molecule has 0 spiro atoms. The van der Waals surface area contributed by atoms with Crippen LogP contribution in [0.5, 0.6) is 0 Å². The second-order valence-corrected chi connectivity index (χ2v) is 11.5. The molecule has 158 valence electrons. The Kier molecular flexibility index (Phi) is 9.05. The van der Waals surface area contributed by atoms with Gasteiger partial charge in [0.1, 0.15) is 0 Å². The van der Waals surface area contributed by atoms with Gasteiger partial charge < -0.3 is 0 Å². The second-order valence-electron chi connectivity index (χ2n) is 11.5. The third-order valence-corrected chi connectivity index (χ3v) is 9.02. The molecule has 0 saturated heterocycles. The molecule has 4 aliphatic rings. The van der Waals surface area contributed by atoms with Gasteiger partial charge in [-0.3, -0.25) is 0 Å². The summed E-state index contributed by atoms with van der Waals surface area (Å²) in [4.78, 5) is 0. The topological polar surface area (TPSA) is 0 Å². The fourth-order valence-corrected chi connectivity index (χ4v) is 7.06. The minimum absolute atomic E-state index is 1.02. The van der Waals surface area contributed by atoms with Crippen LogP contribution in [-0.2, 0) is 0 Å². The molecular weight excluding hydrogens is 324 g/mol. The zero-order chi connectivity index (χ0) is 19.1. The molecule has 4 aliphatic carbocycles. The molecule has 0 N–H and O–H groups in total. The predicted molar refractivity (Wildman–Crippen MR) is 120 cm³/mol. The van der Waals surface area contributed by atoms with Gasteiger partial charge in [-0.2, -0.15) is 0 Å². The summed E-state index contributed by atoms with van der Waals surface area (Å²) in [5.74, 6) is 7.53. The van der Waals surface area contributed by atoms with Gasteiger partial charge in [0.2, 0.25) is 0 Å². The Bertz CT molecular complexity index is 375.